The summed E-state index contributed by atoms with van der Waals surface area (Å²) in [5.74, 6) is 1.81. The van der Waals surface area contributed by atoms with Gasteiger partial charge >= 0.3 is 0 Å². The lowest BCUT2D eigenvalue weighted by molar-refractivity contribution is 0.143. The first-order chi connectivity index (χ1) is 11.2. The van der Waals surface area contributed by atoms with Crippen LogP contribution in [0.5, 0.6) is 0 Å². The Morgan fingerprint density at radius 3 is 3.00 bits per heavy atom. The van der Waals surface area contributed by atoms with E-state index in [9.17, 15) is 0 Å². The van der Waals surface area contributed by atoms with Crippen LogP contribution in [-0.2, 0) is 11.3 Å². The summed E-state index contributed by atoms with van der Waals surface area (Å²) in [5.41, 5.74) is 2.42. The zero-order valence-corrected chi connectivity index (χ0v) is 14.1. The number of aromatic nitrogens is 2. The third-order valence-corrected chi connectivity index (χ3v) is 4.31. The first kappa shape index (κ1) is 16.4. The fraction of sp³-hybridized carbons (Fsp3) is 0.647. The predicted molar refractivity (Wildman–Crippen MR) is 91.4 cm³/mol. The molecule has 3 rings (SSSR count). The van der Waals surface area contributed by atoms with Gasteiger partial charge in [-0.3, -0.25) is 4.90 Å². The number of hydrogen-bond acceptors (Lipinski definition) is 6. The number of ether oxygens (including phenoxy) is 1. The van der Waals surface area contributed by atoms with Crippen LogP contribution < -0.4 is 10.6 Å². The minimum Gasteiger partial charge on any atom is -0.377 e. The molecule has 6 nitrogen and oxygen atoms in total. The molecule has 0 aromatic carbocycles. The van der Waals surface area contributed by atoms with Gasteiger partial charge in [-0.2, -0.15) is 0 Å². The normalized spacial score (nSPS) is 21.5. The summed E-state index contributed by atoms with van der Waals surface area (Å²) < 4.78 is 5.52. The molecule has 0 amide bonds. The monoisotopic (exact) mass is 317 g/mol. The van der Waals surface area contributed by atoms with E-state index in [-0.39, 0.29) is 0 Å². The van der Waals surface area contributed by atoms with Crippen LogP contribution in [0.4, 0.5) is 5.82 Å². The van der Waals surface area contributed by atoms with E-state index in [4.69, 9.17) is 9.72 Å². The van der Waals surface area contributed by atoms with Crippen molar-refractivity contribution >= 4 is 5.82 Å². The number of nitrogens with zero attached hydrogens (tertiary/aromatic N) is 3. The summed E-state index contributed by atoms with van der Waals surface area (Å²) in [6.07, 6.45) is 5.64. The standard InChI is InChI=1S/C17H27N5O/c1-18-16-9-14(20-17(21-16)15-6-3-7-19-15)11-22(2)10-13-5-4-8-23-12-13/h5,9,15,19H,3-4,6-8,10-12H2,1-2H3,(H,18,20,21)/t15-/m1/s1. The Morgan fingerprint density at radius 2 is 2.30 bits per heavy atom. The molecule has 3 heterocycles. The highest BCUT2D eigenvalue weighted by molar-refractivity contribution is 5.35. The molecule has 1 atom stereocenters. The molecule has 2 N–H and O–H groups in total. The van der Waals surface area contributed by atoms with Crippen LogP contribution >= 0.6 is 0 Å². The van der Waals surface area contributed by atoms with Crippen LogP contribution in [0.1, 0.15) is 36.8 Å². The summed E-state index contributed by atoms with van der Waals surface area (Å²) in [4.78, 5) is 11.7. The second-order valence-electron chi connectivity index (χ2n) is 6.38. The van der Waals surface area contributed by atoms with Crippen LogP contribution in [0.2, 0.25) is 0 Å². The Balaban J connectivity index is 1.68. The van der Waals surface area contributed by atoms with Crippen molar-refractivity contribution in [2.45, 2.75) is 31.8 Å². The smallest absolute Gasteiger partial charge is 0.147 e. The van der Waals surface area contributed by atoms with Gasteiger partial charge in [-0.1, -0.05) is 6.08 Å². The van der Waals surface area contributed by atoms with Crippen LogP contribution in [0.15, 0.2) is 17.7 Å². The molecule has 0 aliphatic carbocycles. The maximum atomic E-state index is 5.52. The number of hydrogen-bond donors (Lipinski definition) is 2. The molecule has 0 bridgehead atoms. The van der Waals surface area contributed by atoms with Crippen molar-refractivity contribution < 1.29 is 4.74 Å². The lowest BCUT2D eigenvalue weighted by Gasteiger charge is -2.21. The van der Waals surface area contributed by atoms with Crippen LogP contribution in [0.3, 0.4) is 0 Å². The van der Waals surface area contributed by atoms with Gasteiger partial charge in [-0.05, 0) is 38.4 Å². The summed E-state index contributed by atoms with van der Waals surface area (Å²) >= 11 is 0. The maximum Gasteiger partial charge on any atom is 0.147 e. The minimum atomic E-state index is 0.293. The topological polar surface area (TPSA) is 62.3 Å². The second-order valence-corrected chi connectivity index (χ2v) is 6.38. The first-order valence-electron chi connectivity index (χ1n) is 8.48. The molecular formula is C17H27N5O. The lowest BCUT2D eigenvalue weighted by Crippen LogP contribution is -2.25. The largest absolute Gasteiger partial charge is 0.377 e. The molecule has 1 aromatic rings. The molecule has 0 unspecified atom stereocenters. The van der Waals surface area contributed by atoms with E-state index in [0.29, 0.717) is 6.04 Å². The summed E-state index contributed by atoms with van der Waals surface area (Å²) in [6.45, 7) is 4.40. The van der Waals surface area contributed by atoms with Gasteiger partial charge in [0.05, 0.1) is 24.9 Å². The molecule has 1 fully saturated rings. The molecule has 2 aliphatic rings. The zero-order chi connectivity index (χ0) is 16.1. The maximum absolute atomic E-state index is 5.52. The van der Waals surface area contributed by atoms with E-state index < -0.39 is 0 Å². The predicted octanol–water partition coefficient (Wildman–Crippen LogP) is 1.72. The van der Waals surface area contributed by atoms with Gasteiger partial charge in [0.1, 0.15) is 11.6 Å². The van der Waals surface area contributed by atoms with Crippen molar-refractivity contribution in [2.75, 3.05) is 45.7 Å². The number of anilines is 1. The van der Waals surface area contributed by atoms with Crippen molar-refractivity contribution in [3.63, 3.8) is 0 Å². The second kappa shape index (κ2) is 7.86. The van der Waals surface area contributed by atoms with E-state index in [1.54, 1.807) is 0 Å². The molecule has 0 radical (unpaired) electrons. The van der Waals surface area contributed by atoms with Crippen LogP contribution in [0.25, 0.3) is 0 Å². The van der Waals surface area contributed by atoms with E-state index in [1.807, 2.05) is 13.1 Å². The van der Waals surface area contributed by atoms with Gasteiger partial charge in [-0.25, -0.2) is 9.97 Å². The van der Waals surface area contributed by atoms with Crippen molar-refractivity contribution in [1.82, 2.24) is 20.2 Å². The zero-order valence-electron chi connectivity index (χ0n) is 14.1. The molecule has 0 spiro atoms. The van der Waals surface area contributed by atoms with Crippen LogP contribution in [-0.4, -0.2) is 55.3 Å². The van der Waals surface area contributed by atoms with E-state index in [0.717, 1.165) is 63.0 Å². The molecular weight excluding hydrogens is 290 g/mol. The molecule has 23 heavy (non-hydrogen) atoms. The van der Waals surface area contributed by atoms with Crippen molar-refractivity contribution in [3.05, 3.63) is 29.2 Å². The fourth-order valence-electron chi connectivity index (χ4n) is 3.19. The highest BCUT2D eigenvalue weighted by Crippen LogP contribution is 2.22. The third kappa shape index (κ3) is 4.50. The number of rotatable bonds is 6. The lowest BCUT2D eigenvalue weighted by atomic mass is 10.2. The van der Waals surface area contributed by atoms with Gasteiger partial charge in [0.25, 0.3) is 0 Å². The van der Waals surface area contributed by atoms with Crippen LogP contribution in [0, 0.1) is 0 Å². The van der Waals surface area contributed by atoms with Crippen molar-refractivity contribution in [3.8, 4) is 0 Å². The van der Waals surface area contributed by atoms with E-state index in [1.165, 1.54) is 12.0 Å². The average molecular weight is 317 g/mol. The third-order valence-electron chi connectivity index (χ3n) is 4.31. The number of nitrogens with one attached hydrogen (secondary N) is 2. The molecule has 0 saturated carbocycles. The minimum absolute atomic E-state index is 0.293. The Labute approximate surface area is 138 Å². The van der Waals surface area contributed by atoms with Gasteiger partial charge in [-0.15, -0.1) is 0 Å². The summed E-state index contributed by atoms with van der Waals surface area (Å²) in [6, 6.07) is 2.34. The van der Waals surface area contributed by atoms with Gasteiger partial charge in [0.15, 0.2) is 0 Å². The first-order valence-corrected chi connectivity index (χ1v) is 8.48. The Kier molecular flexibility index (Phi) is 5.59. The highest BCUT2D eigenvalue weighted by Gasteiger charge is 2.20. The SMILES string of the molecule is CNc1cc(CN(C)CC2=CCCOC2)nc([C@H]2CCCN2)n1. The summed E-state index contributed by atoms with van der Waals surface area (Å²) in [7, 11) is 4.04. The van der Waals surface area contributed by atoms with Gasteiger partial charge in [0.2, 0.25) is 0 Å². The molecule has 126 valence electrons. The molecule has 6 heteroatoms. The summed E-state index contributed by atoms with van der Waals surface area (Å²) in [5, 5.41) is 6.64. The number of likely N-dealkylation sites (N-methyl/N-ethyl adjacent to an activating group) is 1. The fourth-order valence-corrected chi connectivity index (χ4v) is 3.19. The molecule has 2 aliphatic heterocycles. The van der Waals surface area contributed by atoms with Gasteiger partial charge in [0, 0.05) is 26.2 Å². The Hall–Kier alpha value is -1.50. The molecule has 1 aromatic heterocycles. The molecule has 1 saturated heterocycles. The Bertz CT molecular complexity index is 554. The van der Waals surface area contributed by atoms with E-state index in [2.05, 4.69) is 33.6 Å². The quantitative estimate of drug-likeness (QED) is 0.779. The average Bonchev–Trinajstić information content (AvgIpc) is 3.10. The highest BCUT2D eigenvalue weighted by atomic mass is 16.5. The Morgan fingerprint density at radius 1 is 1.39 bits per heavy atom. The van der Waals surface area contributed by atoms with Crippen molar-refractivity contribution in [1.29, 1.82) is 0 Å². The van der Waals surface area contributed by atoms with Gasteiger partial charge < -0.3 is 15.4 Å². The van der Waals surface area contributed by atoms with Crippen molar-refractivity contribution in [2.24, 2.45) is 0 Å². The van der Waals surface area contributed by atoms with E-state index >= 15 is 0 Å².